The van der Waals surface area contributed by atoms with Gasteiger partial charge in [-0.15, -0.1) is 0 Å². The summed E-state index contributed by atoms with van der Waals surface area (Å²) in [6.45, 7) is 8.80. The predicted molar refractivity (Wildman–Crippen MR) is 104 cm³/mol. The highest BCUT2D eigenvalue weighted by Crippen LogP contribution is 2.23. The Bertz CT molecular complexity index is 535. The van der Waals surface area contributed by atoms with Crippen molar-refractivity contribution in [1.82, 2.24) is 4.90 Å². The average molecular weight is 369 g/mol. The van der Waals surface area contributed by atoms with E-state index >= 15 is 0 Å². The number of nitrogens with zero attached hydrogens (tertiary/aromatic N) is 1. The van der Waals surface area contributed by atoms with E-state index in [1.165, 1.54) is 0 Å². The first-order valence-electron chi connectivity index (χ1n) is 9.40. The summed E-state index contributed by atoms with van der Waals surface area (Å²) in [4.78, 5) is 2.01. The Morgan fingerprint density at radius 3 is 1.73 bits per heavy atom. The summed E-state index contributed by atoms with van der Waals surface area (Å²) in [6.07, 6.45) is -0.964. The molecule has 0 saturated heterocycles. The van der Waals surface area contributed by atoms with E-state index in [0.29, 0.717) is 39.0 Å². The topological polar surface area (TPSA) is 110 Å². The molecule has 4 unspecified atom stereocenters. The highest BCUT2D eigenvalue weighted by molar-refractivity contribution is 5.40. The number of benzene rings is 1. The normalized spacial score (nSPS) is 16.5. The van der Waals surface area contributed by atoms with Crippen LogP contribution in [0.2, 0.25) is 0 Å². The van der Waals surface area contributed by atoms with E-state index in [9.17, 15) is 20.4 Å². The fourth-order valence-electron chi connectivity index (χ4n) is 3.41. The average Bonchev–Trinajstić information content (AvgIpc) is 2.47. The molecule has 0 fully saturated rings. The van der Waals surface area contributed by atoms with Crippen molar-refractivity contribution < 1.29 is 20.4 Å². The third-order valence-electron chi connectivity index (χ3n) is 4.18. The molecule has 1 aromatic rings. The Balaban J connectivity index is 3.20. The molecule has 1 aromatic carbocycles. The second-order valence-electron chi connectivity index (χ2n) is 7.60. The highest BCUT2D eigenvalue weighted by atomic mass is 16.3. The molecule has 0 spiro atoms. The molecular formula is C20H36N2O4. The summed E-state index contributed by atoms with van der Waals surface area (Å²) in [5.41, 5.74) is 9.94. The molecule has 150 valence electrons. The number of rotatable bonds is 11. The summed E-state index contributed by atoms with van der Waals surface area (Å²) >= 11 is 0. The fourth-order valence-corrected chi connectivity index (χ4v) is 3.41. The lowest BCUT2D eigenvalue weighted by Gasteiger charge is -2.26. The smallest absolute Gasteiger partial charge is 0.0639 e. The van der Waals surface area contributed by atoms with E-state index < -0.39 is 24.4 Å². The van der Waals surface area contributed by atoms with Gasteiger partial charge in [0.1, 0.15) is 0 Å². The first-order chi connectivity index (χ1) is 12.1. The van der Waals surface area contributed by atoms with Gasteiger partial charge in [0.05, 0.1) is 24.4 Å². The highest BCUT2D eigenvalue weighted by Gasteiger charge is 2.17. The van der Waals surface area contributed by atoms with Gasteiger partial charge in [-0.25, -0.2) is 0 Å². The summed E-state index contributed by atoms with van der Waals surface area (Å²) in [5.74, 6) is 0. The van der Waals surface area contributed by atoms with E-state index in [4.69, 9.17) is 5.73 Å². The zero-order chi connectivity index (χ0) is 19.9. The largest absolute Gasteiger partial charge is 0.393 e. The lowest BCUT2D eigenvalue weighted by atomic mass is 9.90. The van der Waals surface area contributed by atoms with Crippen LogP contribution in [0.3, 0.4) is 0 Å². The van der Waals surface area contributed by atoms with Gasteiger partial charge in [0.25, 0.3) is 0 Å². The van der Waals surface area contributed by atoms with Crippen LogP contribution in [-0.4, -0.2) is 62.8 Å². The molecule has 0 heterocycles. The van der Waals surface area contributed by atoms with E-state index in [2.05, 4.69) is 0 Å². The van der Waals surface area contributed by atoms with Crippen LogP contribution in [-0.2, 0) is 25.9 Å². The molecular weight excluding hydrogens is 332 g/mol. The van der Waals surface area contributed by atoms with Crippen LogP contribution < -0.4 is 5.73 Å². The SMILES string of the molecule is CC(O)Cc1cc(CN(CC(C)O)CC(C)O)cc(CN)c1CC(C)O. The lowest BCUT2D eigenvalue weighted by Crippen LogP contribution is -2.36. The number of hydrogen-bond acceptors (Lipinski definition) is 6. The second-order valence-corrected chi connectivity index (χ2v) is 7.60. The molecule has 4 atom stereocenters. The van der Waals surface area contributed by atoms with E-state index in [1.54, 1.807) is 27.7 Å². The summed E-state index contributed by atoms with van der Waals surface area (Å²) < 4.78 is 0. The fraction of sp³-hybridized carbons (Fsp3) is 0.700. The van der Waals surface area contributed by atoms with Crippen LogP contribution in [0.25, 0.3) is 0 Å². The van der Waals surface area contributed by atoms with Crippen LogP contribution in [0.5, 0.6) is 0 Å². The van der Waals surface area contributed by atoms with E-state index in [-0.39, 0.29) is 0 Å². The third-order valence-corrected chi connectivity index (χ3v) is 4.18. The molecule has 0 aliphatic heterocycles. The minimum Gasteiger partial charge on any atom is -0.393 e. The van der Waals surface area contributed by atoms with Gasteiger partial charge in [0.15, 0.2) is 0 Å². The van der Waals surface area contributed by atoms with Crippen LogP contribution in [0, 0.1) is 0 Å². The molecule has 26 heavy (non-hydrogen) atoms. The van der Waals surface area contributed by atoms with Crippen molar-refractivity contribution in [3.63, 3.8) is 0 Å². The van der Waals surface area contributed by atoms with E-state index in [0.717, 1.165) is 22.3 Å². The van der Waals surface area contributed by atoms with Crippen LogP contribution in [0.1, 0.15) is 49.9 Å². The van der Waals surface area contributed by atoms with Crippen molar-refractivity contribution in [2.75, 3.05) is 13.1 Å². The zero-order valence-electron chi connectivity index (χ0n) is 16.5. The Labute approximate surface area is 157 Å². The minimum absolute atomic E-state index is 0.357. The van der Waals surface area contributed by atoms with Gasteiger partial charge in [0.2, 0.25) is 0 Å². The zero-order valence-corrected chi connectivity index (χ0v) is 16.5. The first kappa shape index (κ1) is 23.0. The maximum absolute atomic E-state index is 9.87. The number of hydrogen-bond donors (Lipinski definition) is 5. The molecule has 0 aliphatic carbocycles. The third kappa shape index (κ3) is 8.12. The molecule has 0 saturated carbocycles. The van der Waals surface area contributed by atoms with Crippen molar-refractivity contribution >= 4 is 0 Å². The van der Waals surface area contributed by atoms with Crippen molar-refractivity contribution in [3.05, 3.63) is 34.4 Å². The van der Waals surface area contributed by atoms with Gasteiger partial charge >= 0.3 is 0 Å². The molecule has 6 nitrogen and oxygen atoms in total. The second kappa shape index (κ2) is 11.0. The van der Waals surface area contributed by atoms with Crippen molar-refractivity contribution in [2.45, 2.75) is 78.0 Å². The van der Waals surface area contributed by atoms with Crippen molar-refractivity contribution in [1.29, 1.82) is 0 Å². The Kier molecular flexibility index (Phi) is 9.71. The van der Waals surface area contributed by atoms with Crippen LogP contribution in [0.4, 0.5) is 0 Å². The van der Waals surface area contributed by atoms with Gasteiger partial charge in [-0.3, -0.25) is 4.90 Å². The number of nitrogens with two attached hydrogens (primary N) is 1. The predicted octanol–water partition coefficient (Wildman–Crippen LogP) is 0.556. The molecule has 6 heteroatoms. The Morgan fingerprint density at radius 2 is 1.31 bits per heavy atom. The summed E-state index contributed by atoms with van der Waals surface area (Å²) in [6, 6.07) is 4.07. The molecule has 0 bridgehead atoms. The monoisotopic (exact) mass is 368 g/mol. The van der Waals surface area contributed by atoms with Gasteiger partial charge in [-0.2, -0.15) is 0 Å². The first-order valence-corrected chi connectivity index (χ1v) is 9.40. The maximum Gasteiger partial charge on any atom is 0.0639 e. The van der Waals surface area contributed by atoms with Crippen LogP contribution in [0.15, 0.2) is 12.1 Å². The van der Waals surface area contributed by atoms with Gasteiger partial charge < -0.3 is 26.2 Å². The maximum atomic E-state index is 9.87. The standard InChI is InChI=1S/C20H36N2O4/c1-13(23)5-18-7-17(8-19(9-21)20(18)6-14(2)24)12-22(10-15(3)25)11-16(4)26/h7-8,13-16,23-26H,5-6,9-12,21H2,1-4H3. The van der Waals surface area contributed by atoms with Crippen molar-refractivity contribution in [2.24, 2.45) is 5.73 Å². The van der Waals surface area contributed by atoms with E-state index in [1.807, 2.05) is 17.0 Å². The number of aliphatic hydroxyl groups excluding tert-OH is 4. The summed E-state index contributed by atoms with van der Waals surface area (Å²) in [7, 11) is 0. The Morgan fingerprint density at radius 1 is 0.808 bits per heavy atom. The summed E-state index contributed by atoms with van der Waals surface area (Å²) in [5, 5.41) is 39.2. The molecule has 0 aromatic heterocycles. The van der Waals surface area contributed by atoms with Gasteiger partial charge in [0, 0.05) is 26.2 Å². The molecule has 6 N–H and O–H groups in total. The molecule has 0 aliphatic rings. The molecule has 0 radical (unpaired) electrons. The number of aliphatic hydroxyl groups is 4. The van der Waals surface area contributed by atoms with Crippen LogP contribution >= 0.6 is 0 Å². The molecule has 0 amide bonds. The van der Waals surface area contributed by atoms with Gasteiger partial charge in [-0.1, -0.05) is 12.1 Å². The Hall–Kier alpha value is -1.02. The van der Waals surface area contributed by atoms with Crippen molar-refractivity contribution in [3.8, 4) is 0 Å². The molecule has 1 rings (SSSR count). The quantitative estimate of drug-likeness (QED) is 0.390. The minimum atomic E-state index is -0.492. The van der Waals surface area contributed by atoms with Gasteiger partial charge in [-0.05, 0) is 62.8 Å². The lowest BCUT2D eigenvalue weighted by molar-refractivity contribution is 0.0794.